The van der Waals surface area contributed by atoms with Gasteiger partial charge in [0, 0.05) is 30.4 Å². The highest BCUT2D eigenvalue weighted by Crippen LogP contribution is 2.42. The van der Waals surface area contributed by atoms with Crippen molar-refractivity contribution in [3.63, 3.8) is 0 Å². The molecule has 0 saturated carbocycles. The number of hydrogen-bond donors (Lipinski definition) is 2. The Morgan fingerprint density at radius 3 is 2.23 bits per heavy atom. The Morgan fingerprint density at radius 2 is 1.70 bits per heavy atom. The Labute approximate surface area is 177 Å². The van der Waals surface area contributed by atoms with Gasteiger partial charge in [0.25, 0.3) is 5.91 Å². The zero-order chi connectivity index (χ0) is 22.0. The van der Waals surface area contributed by atoms with E-state index in [9.17, 15) is 19.8 Å². The lowest BCUT2D eigenvalue weighted by molar-refractivity contribution is -0.119. The third-order valence-electron chi connectivity index (χ3n) is 5.44. The van der Waals surface area contributed by atoms with E-state index in [0.29, 0.717) is 11.3 Å². The van der Waals surface area contributed by atoms with Crippen LogP contribution in [0, 0.1) is 5.92 Å². The van der Waals surface area contributed by atoms with Gasteiger partial charge in [0.05, 0.1) is 11.6 Å². The maximum atomic E-state index is 13.0. The lowest BCUT2D eigenvalue weighted by Gasteiger charge is -2.28. The number of phenols is 1. The number of phenolic OH excluding ortho intramolecular Hbond substituents is 1. The molecule has 6 heteroatoms. The Morgan fingerprint density at radius 1 is 1.07 bits per heavy atom. The van der Waals surface area contributed by atoms with Gasteiger partial charge in [0.15, 0.2) is 11.5 Å². The Kier molecular flexibility index (Phi) is 6.15. The molecular weight excluding hydrogens is 380 g/mol. The lowest BCUT2D eigenvalue weighted by Crippen LogP contribution is -2.31. The zero-order valence-corrected chi connectivity index (χ0v) is 17.8. The summed E-state index contributed by atoms with van der Waals surface area (Å²) in [6, 6.07) is 13.1. The third kappa shape index (κ3) is 3.77. The highest BCUT2D eigenvalue weighted by atomic mass is 16.3. The van der Waals surface area contributed by atoms with Crippen molar-refractivity contribution in [2.75, 3.05) is 22.9 Å². The van der Waals surface area contributed by atoms with Crippen LogP contribution in [-0.4, -0.2) is 35.0 Å². The molecule has 30 heavy (non-hydrogen) atoms. The first-order chi connectivity index (χ1) is 14.3. The normalized spacial score (nSPS) is 16.5. The summed E-state index contributed by atoms with van der Waals surface area (Å²) in [5.41, 5.74) is 2.22. The zero-order valence-electron chi connectivity index (χ0n) is 17.8. The van der Waals surface area contributed by atoms with E-state index in [1.54, 1.807) is 26.0 Å². The minimum atomic E-state index is -0.807. The van der Waals surface area contributed by atoms with Gasteiger partial charge in [0.1, 0.15) is 5.75 Å². The molecule has 2 aromatic carbocycles. The summed E-state index contributed by atoms with van der Waals surface area (Å²) in [5, 5.41) is 20.6. The molecule has 1 aliphatic heterocycles. The van der Waals surface area contributed by atoms with Crippen LogP contribution in [-0.2, 0) is 9.59 Å². The molecule has 1 unspecified atom stereocenters. The molecule has 1 atom stereocenters. The molecule has 6 nitrogen and oxygen atoms in total. The Balaban J connectivity index is 2.11. The van der Waals surface area contributed by atoms with E-state index in [2.05, 4.69) is 18.7 Å². The van der Waals surface area contributed by atoms with Crippen LogP contribution in [0.1, 0.15) is 39.3 Å². The monoisotopic (exact) mass is 408 g/mol. The van der Waals surface area contributed by atoms with Gasteiger partial charge in [-0.1, -0.05) is 26.0 Å². The number of amides is 1. The van der Waals surface area contributed by atoms with Crippen LogP contribution in [0.25, 0.3) is 0 Å². The van der Waals surface area contributed by atoms with Gasteiger partial charge >= 0.3 is 0 Å². The molecule has 2 aromatic rings. The van der Waals surface area contributed by atoms with Crippen molar-refractivity contribution in [1.82, 2.24) is 0 Å². The molecule has 1 heterocycles. The predicted octanol–water partition coefficient (Wildman–Crippen LogP) is 4.36. The number of benzene rings is 2. The summed E-state index contributed by atoms with van der Waals surface area (Å²) < 4.78 is 0. The molecular formula is C24H28N2O4. The van der Waals surface area contributed by atoms with Crippen molar-refractivity contribution in [3.8, 4) is 5.75 Å². The molecule has 0 fully saturated rings. The summed E-state index contributed by atoms with van der Waals surface area (Å²) in [6.45, 7) is 9.33. The fourth-order valence-electron chi connectivity index (χ4n) is 3.86. The Bertz CT molecular complexity index is 975. The molecule has 1 amide bonds. The maximum Gasteiger partial charge on any atom is 0.294 e. The number of anilines is 2. The van der Waals surface area contributed by atoms with Crippen LogP contribution in [0.4, 0.5) is 11.4 Å². The molecule has 0 bridgehead atoms. The summed E-state index contributed by atoms with van der Waals surface area (Å²) in [6.07, 6.45) is 0. The number of ketones is 1. The van der Waals surface area contributed by atoms with E-state index in [-0.39, 0.29) is 23.0 Å². The number of nitrogens with zero attached hydrogens (tertiary/aromatic N) is 2. The number of rotatable bonds is 7. The van der Waals surface area contributed by atoms with E-state index >= 15 is 0 Å². The molecule has 1 aliphatic rings. The first-order valence-corrected chi connectivity index (χ1v) is 10.2. The first-order valence-electron chi connectivity index (χ1n) is 10.2. The van der Waals surface area contributed by atoms with Gasteiger partial charge in [-0.25, -0.2) is 0 Å². The number of carbonyl (C=O) groups excluding carboxylic acids is 2. The molecule has 2 N–H and O–H groups in total. The van der Waals surface area contributed by atoms with Crippen molar-refractivity contribution in [1.29, 1.82) is 0 Å². The molecule has 158 valence electrons. The molecule has 0 aliphatic carbocycles. The van der Waals surface area contributed by atoms with Gasteiger partial charge in [-0.15, -0.1) is 0 Å². The smallest absolute Gasteiger partial charge is 0.294 e. The summed E-state index contributed by atoms with van der Waals surface area (Å²) in [5.74, 6) is -1.81. The van der Waals surface area contributed by atoms with Gasteiger partial charge in [0.2, 0.25) is 0 Å². The second kappa shape index (κ2) is 8.61. The fourth-order valence-corrected chi connectivity index (χ4v) is 3.86. The Hall–Kier alpha value is -3.28. The number of Topliss-reactive ketones (excluding diaryl/α,β-unsaturated/α-hetero) is 1. The maximum absolute atomic E-state index is 13.0. The van der Waals surface area contributed by atoms with Crippen molar-refractivity contribution < 1.29 is 19.8 Å². The van der Waals surface area contributed by atoms with Crippen LogP contribution < -0.4 is 9.80 Å². The number of aliphatic hydroxyl groups excluding tert-OH is 1. The van der Waals surface area contributed by atoms with Crippen LogP contribution in [0.3, 0.4) is 0 Å². The van der Waals surface area contributed by atoms with Crippen molar-refractivity contribution in [2.45, 2.75) is 33.7 Å². The largest absolute Gasteiger partial charge is 0.508 e. The molecule has 0 spiro atoms. The summed E-state index contributed by atoms with van der Waals surface area (Å²) in [7, 11) is 0. The second-order valence-electron chi connectivity index (χ2n) is 7.64. The molecule has 0 aromatic heterocycles. The number of aromatic hydroxyl groups is 1. The van der Waals surface area contributed by atoms with Crippen LogP contribution in [0.2, 0.25) is 0 Å². The summed E-state index contributed by atoms with van der Waals surface area (Å²) in [4.78, 5) is 29.5. The molecule has 0 saturated heterocycles. The van der Waals surface area contributed by atoms with Crippen LogP contribution in [0.5, 0.6) is 5.75 Å². The van der Waals surface area contributed by atoms with Crippen molar-refractivity contribution in [2.24, 2.45) is 5.92 Å². The number of hydrogen-bond acceptors (Lipinski definition) is 5. The van der Waals surface area contributed by atoms with Gasteiger partial charge in [-0.05, 0) is 55.8 Å². The second-order valence-corrected chi connectivity index (χ2v) is 7.64. The average Bonchev–Trinajstić information content (AvgIpc) is 3.00. The minimum Gasteiger partial charge on any atom is -0.508 e. The topological polar surface area (TPSA) is 81.1 Å². The van der Waals surface area contributed by atoms with Crippen molar-refractivity contribution in [3.05, 3.63) is 65.4 Å². The highest BCUT2D eigenvalue weighted by molar-refractivity contribution is 6.16. The molecule has 0 radical (unpaired) electrons. The van der Waals surface area contributed by atoms with Gasteiger partial charge in [-0.3, -0.25) is 14.5 Å². The first kappa shape index (κ1) is 21.4. The van der Waals surface area contributed by atoms with Crippen LogP contribution in [0.15, 0.2) is 59.9 Å². The number of carbonyl (C=O) groups is 2. The van der Waals surface area contributed by atoms with E-state index in [4.69, 9.17) is 0 Å². The highest BCUT2D eigenvalue weighted by Gasteiger charge is 2.44. The SMILES string of the molecule is CCN(CC)c1ccc(N2C(=O)C(O)=C(C(=O)C(C)C)C2c2cccc(O)c2)cc1. The van der Waals surface area contributed by atoms with E-state index in [1.807, 2.05) is 24.3 Å². The minimum absolute atomic E-state index is 0.0273. The lowest BCUT2D eigenvalue weighted by atomic mass is 9.91. The van der Waals surface area contributed by atoms with E-state index < -0.39 is 17.7 Å². The van der Waals surface area contributed by atoms with Crippen molar-refractivity contribution >= 4 is 23.1 Å². The quantitative estimate of drug-likeness (QED) is 0.711. The van der Waals surface area contributed by atoms with Crippen LogP contribution >= 0.6 is 0 Å². The fraction of sp³-hybridized carbons (Fsp3) is 0.333. The van der Waals surface area contributed by atoms with E-state index in [0.717, 1.165) is 18.8 Å². The standard InChI is InChI=1S/C24H28N2O4/c1-5-25(6-2)17-10-12-18(13-11-17)26-21(16-8-7-9-19(27)14-16)20(22(28)15(3)4)23(29)24(26)30/h7-15,21,27,29H,5-6H2,1-4H3. The third-order valence-corrected chi connectivity index (χ3v) is 5.44. The van der Waals surface area contributed by atoms with E-state index in [1.165, 1.54) is 17.0 Å². The van der Waals surface area contributed by atoms with Gasteiger partial charge in [-0.2, -0.15) is 0 Å². The average molecular weight is 408 g/mol. The van der Waals surface area contributed by atoms with Gasteiger partial charge < -0.3 is 15.1 Å². The summed E-state index contributed by atoms with van der Waals surface area (Å²) >= 11 is 0. The molecule has 3 rings (SSSR count). The number of aliphatic hydroxyl groups is 1. The predicted molar refractivity (Wildman–Crippen MR) is 118 cm³/mol.